The van der Waals surface area contributed by atoms with Gasteiger partial charge in [-0.15, -0.1) is 11.3 Å². The van der Waals surface area contributed by atoms with Crippen LogP contribution in [0.4, 0.5) is 5.13 Å². The molecule has 2 aromatic heterocycles. The third-order valence-electron chi connectivity index (χ3n) is 6.15. The minimum Gasteiger partial charge on any atom is -0.476 e. The summed E-state index contributed by atoms with van der Waals surface area (Å²) in [6.07, 6.45) is 3.27. The second kappa shape index (κ2) is 11.1. The summed E-state index contributed by atoms with van der Waals surface area (Å²) in [6.45, 7) is 0.0850. The van der Waals surface area contributed by atoms with Crippen LogP contribution >= 0.6 is 11.3 Å². The minimum atomic E-state index is -1.23. The molecule has 5 aromatic rings. The Balaban J connectivity index is 1.54. The van der Waals surface area contributed by atoms with E-state index in [1.807, 2.05) is 61.6 Å². The molecule has 0 amide bonds. The van der Waals surface area contributed by atoms with Crippen molar-refractivity contribution in [3.63, 3.8) is 0 Å². The number of aryl methyl sites for hydroxylation is 1. The van der Waals surface area contributed by atoms with Crippen LogP contribution in [0.5, 0.6) is 0 Å². The maximum atomic E-state index is 12.0. The van der Waals surface area contributed by atoms with Crippen LogP contribution in [0.1, 0.15) is 28.1 Å². The number of aromatic nitrogens is 3. The predicted octanol–water partition coefficient (Wildman–Crippen LogP) is 5.29. The Bertz CT molecular complexity index is 1440. The van der Waals surface area contributed by atoms with Gasteiger partial charge in [0.1, 0.15) is 11.2 Å². The number of oxime groups is 1. The summed E-state index contributed by atoms with van der Waals surface area (Å²) in [6, 6.07) is 30.3. The van der Waals surface area contributed by atoms with Gasteiger partial charge >= 0.3 is 5.97 Å². The molecule has 0 atom stereocenters. The summed E-state index contributed by atoms with van der Waals surface area (Å²) < 4.78 is 1.77. The number of imidazole rings is 1. The van der Waals surface area contributed by atoms with Gasteiger partial charge in [-0.1, -0.05) is 96.2 Å². The number of benzene rings is 3. The summed E-state index contributed by atoms with van der Waals surface area (Å²) in [7, 11) is 1.82. The number of carboxylic acids is 1. The largest absolute Gasteiger partial charge is 0.476 e. The van der Waals surface area contributed by atoms with Crippen molar-refractivity contribution in [2.45, 2.75) is 12.1 Å². The summed E-state index contributed by atoms with van der Waals surface area (Å²) in [5, 5.41) is 19.6. The summed E-state index contributed by atoms with van der Waals surface area (Å²) in [5.74, 6) is -1.23. The van der Waals surface area contributed by atoms with Crippen molar-refractivity contribution in [3.05, 3.63) is 137 Å². The van der Waals surface area contributed by atoms with Crippen LogP contribution in [0, 0.1) is 0 Å². The van der Waals surface area contributed by atoms with Crippen LogP contribution in [-0.2, 0) is 28.8 Å². The second-order valence-electron chi connectivity index (χ2n) is 8.53. The number of hydrogen-bond acceptors (Lipinski definition) is 7. The van der Waals surface area contributed by atoms with E-state index in [1.165, 1.54) is 11.3 Å². The molecule has 38 heavy (non-hydrogen) atoms. The lowest BCUT2D eigenvalue weighted by atomic mass is 9.77. The highest BCUT2D eigenvalue weighted by atomic mass is 32.1. The Hall–Kier alpha value is -4.76. The number of carbonyl (C=O) groups is 1. The molecule has 0 spiro atoms. The third-order valence-corrected chi connectivity index (χ3v) is 6.91. The smallest absolute Gasteiger partial charge is 0.360 e. The molecule has 0 unspecified atom stereocenters. The fourth-order valence-corrected chi connectivity index (χ4v) is 5.01. The van der Waals surface area contributed by atoms with E-state index in [1.54, 1.807) is 22.5 Å². The monoisotopic (exact) mass is 523 g/mol. The first kappa shape index (κ1) is 24.9. The van der Waals surface area contributed by atoms with E-state index in [2.05, 4.69) is 56.8 Å². The Morgan fingerprint density at radius 2 is 1.53 bits per heavy atom. The number of nitrogens with zero attached hydrogens (tertiary/aromatic N) is 4. The molecule has 0 aliphatic carbocycles. The average molecular weight is 524 g/mol. The normalized spacial score (nSPS) is 11.8. The molecule has 0 bridgehead atoms. The summed E-state index contributed by atoms with van der Waals surface area (Å²) in [5.41, 5.74) is 2.95. The molecular formula is C29H25N5O3S. The van der Waals surface area contributed by atoms with Crippen LogP contribution in [0.2, 0.25) is 0 Å². The molecule has 0 aliphatic heterocycles. The highest BCUT2D eigenvalue weighted by Crippen LogP contribution is 2.40. The van der Waals surface area contributed by atoms with Gasteiger partial charge in [0, 0.05) is 12.4 Å². The van der Waals surface area contributed by atoms with Gasteiger partial charge in [0.25, 0.3) is 0 Å². The molecule has 0 radical (unpaired) electrons. The van der Waals surface area contributed by atoms with Crippen LogP contribution < -0.4 is 5.32 Å². The third kappa shape index (κ3) is 5.05. The lowest BCUT2D eigenvalue weighted by Gasteiger charge is -2.36. The zero-order chi connectivity index (χ0) is 26.4. The lowest BCUT2D eigenvalue weighted by Crippen LogP contribution is -2.38. The van der Waals surface area contributed by atoms with Crippen LogP contribution in [0.3, 0.4) is 0 Å². The van der Waals surface area contributed by atoms with Gasteiger partial charge in [0.15, 0.2) is 11.7 Å². The van der Waals surface area contributed by atoms with Gasteiger partial charge in [0.2, 0.25) is 5.71 Å². The Morgan fingerprint density at radius 1 is 0.974 bits per heavy atom. The topological polar surface area (TPSA) is 102 Å². The van der Waals surface area contributed by atoms with Gasteiger partial charge < -0.3 is 19.8 Å². The fraction of sp³-hybridized carbons (Fsp3) is 0.103. The van der Waals surface area contributed by atoms with E-state index in [9.17, 15) is 9.90 Å². The summed E-state index contributed by atoms with van der Waals surface area (Å²) in [4.78, 5) is 26.0. The standard InChI is InChI=1S/C29H25N5O3S/c1-34-20-30-17-24(34)18-37-33-26(27(35)36)25-19-38-28(31-25)32-29(21-11-5-2-6-12-21,22-13-7-3-8-14-22)23-15-9-4-10-16-23/h2-17,19-20H,18H2,1H3,(H,31,32)(H,35,36). The maximum Gasteiger partial charge on any atom is 0.360 e. The van der Waals surface area contributed by atoms with Crippen molar-refractivity contribution in [2.75, 3.05) is 5.32 Å². The van der Waals surface area contributed by atoms with Crippen molar-refractivity contribution >= 4 is 28.1 Å². The number of carboxylic acid groups (broad SMARTS) is 1. The van der Waals surface area contributed by atoms with Gasteiger partial charge in [-0.25, -0.2) is 14.8 Å². The van der Waals surface area contributed by atoms with Gasteiger partial charge in [0.05, 0.1) is 18.2 Å². The first-order valence-corrected chi connectivity index (χ1v) is 12.7. The van der Waals surface area contributed by atoms with Crippen molar-refractivity contribution in [2.24, 2.45) is 12.2 Å². The Labute approximate surface area is 223 Å². The second-order valence-corrected chi connectivity index (χ2v) is 9.38. The molecule has 0 saturated heterocycles. The number of thiazole rings is 1. The van der Waals surface area contributed by atoms with Crippen molar-refractivity contribution in [1.82, 2.24) is 14.5 Å². The van der Waals surface area contributed by atoms with E-state index < -0.39 is 11.5 Å². The summed E-state index contributed by atoms with van der Waals surface area (Å²) >= 11 is 1.30. The molecule has 9 heteroatoms. The van der Waals surface area contributed by atoms with Crippen molar-refractivity contribution < 1.29 is 14.7 Å². The van der Waals surface area contributed by atoms with Crippen LogP contribution in [-0.4, -0.2) is 31.3 Å². The maximum absolute atomic E-state index is 12.0. The molecule has 2 heterocycles. The minimum absolute atomic E-state index is 0.0850. The zero-order valence-electron chi connectivity index (χ0n) is 20.6. The molecule has 190 valence electrons. The Morgan fingerprint density at radius 3 is 2.00 bits per heavy atom. The number of rotatable bonds is 10. The molecule has 0 saturated carbocycles. The van der Waals surface area contributed by atoms with Gasteiger partial charge in [-0.05, 0) is 16.7 Å². The Kier molecular flexibility index (Phi) is 7.28. The van der Waals surface area contributed by atoms with Gasteiger partial charge in [-0.3, -0.25) is 0 Å². The highest BCUT2D eigenvalue weighted by Gasteiger charge is 2.37. The van der Waals surface area contributed by atoms with E-state index in [0.717, 1.165) is 22.4 Å². The quantitative estimate of drug-likeness (QED) is 0.147. The molecule has 8 nitrogen and oxygen atoms in total. The van der Waals surface area contributed by atoms with E-state index >= 15 is 0 Å². The molecule has 0 aliphatic rings. The first-order valence-electron chi connectivity index (χ1n) is 11.9. The average Bonchev–Trinajstić information content (AvgIpc) is 3.59. The first-order chi connectivity index (χ1) is 18.6. The highest BCUT2D eigenvalue weighted by molar-refractivity contribution is 7.14. The molecule has 2 N–H and O–H groups in total. The van der Waals surface area contributed by atoms with E-state index in [-0.39, 0.29) is 18.0 Å². The van der Waals surface area contributed by atoms with Crippen molar-refractivity contribution in [3.8, 4) is 0 Å². The van der Waals surface area contributed by atoms with E-state index in [0.29, 0.717) is 5.13 Å². The zero-order valence-corrected chi connectivity index (χ0v) is 21.4. The van der Waals surface area contributed by atoms with Crippen LogP contribution in [0.15, 0.2) is 114 Å². The fourth-order valence-electron chi connectivity index (χ4n) is 4.26. The number of nitrogens with one attached hydrogen (secondary N) is 1. The van der Waals surface area contributed by atoms with Gasteiger partial charge in [-0.2, -0.15) is 0 Å². The molecule has 5 rings (SSSR count). The number of hydrogen-bond donors (Lipinski definition) is 2. The van der Waals surface area contributed by atoms with Crippen LogP contribution in [0.25, 0.3) is 0 Å². The molecule has 0 fully saturated rings. The van der Waals surface area contributed by atoms with Crippen molar-refractivity contribution in [1.29, 1.82) is 0 Å². The molecular weight excluding hydrogens is 498 g/mol. The SMILES string of the molecule is Cn1cncc1CON=C(C(=O)O)c1csc(NC(c2ccccc2)(c2ccccc2)c2ccccc2)n1. The lowest BCUT2D eigenvalue weighted by molar-refractivity contribution is -0.129. The molecule has 3 aromatic carbocycles. The number of anilines is 1. The van der Waals surface area contributed by atoms with E-state index in [4.69, 9.17) is 4.84 Å². The number of aliphatic carboxylic acids is 1. The predicted molar refractivity (Wildman–Crippen MR) is 147 cm³/mol.